The van der Waals surface area contributed by atoms with Gasteiger partial charge in [-0.15, -0.1) is 0 Å². The third-order valence-corrected chi connectivity index (χ3v) is 2.17. The summed E-state index contributed by atoms with van der Waals surface area (Å²) in [4.78, 5) is 32.2. The van der Waals surface area contributed by atoms with Crippen molar-refractivity contribution in [1.82, 2.24) is 10.6 Å². The Hall–Kier alpha value is -2.00. The Bertz CT molecular complexity index is 359. The van der Waals surface area contributed by atoms with Crippen molar-refractivity contribution in [3.05, 3.63) is 0 Å². The highest BCUT2D eigenvalue weighted by atomic mass is 19.4. The molecule has 0 aliphatic heterocycles. The van der Waals surface area contributed by atoms with Crippen LogP contribution in [0.25, 0.3) is 0 Å². The van der Waals surface area contributed by atoms with Crippen molar-refractivity contribution in [3.63, 3.8) is 0 Å². The second-order valence-electron chi connectivity index (χ2n) is 3.94. The van der Waals surface area contributed by atoms with Gasteiger partial charge in [0.2, 0.25) is 0 Å². The number of urea groups is 1. The third kappa shape index (κ3) is 9.97. The summed E-state index contributed by atoms with van der Waals surface area (Å²) in [7, 11) is 0. The first-order chi connectivity index (χ1) is 9.11. The Kier molecular flexibility index (Phi) is 7.40. The Labute approximate surface area is 112 Å². The van der Waals surface area contributed by atoms with Crippen molar-refractivity contribution in [2.75, 3.05) is 6.54 Å². The first-order valence-electron chi connectivity index (χ1n) is 5.67. The lowest BCUT2D eigenvalue weighted by atomic mass is 10.1. The second kappa shape index (κ2) is 8.23. The van der Waals surface area contributed by atoms with Crippen molar-refractivity contribution in [2.45, 2.75) is 37.9 Å². The van der Waals surface area contributed by atoms with Crippen molar-refractivity contribution in [1.29, 1.82) is 0 Å². The normalized spacial score (nSPS) is 12.6. The van der Waals surface area contributed by atoms with Gasteiger partial charge in [-0.2, -0.15) is 13.2 Å². The second-order valence-corrected chi connectivity index (χ2v) is 3.94. The molecule has 0 aromatic rings. The van der Waals surface area contributed by atoms with Crippen LogP contribution in [0.15, 0.2) is 0 Å². The van der Waals surface area contributed by atoms with Gasteiger partial charge < -0.3 is 20.8 Å². The number of carbonyl (C=O) groups is 3. The molecular formula is C10H15F3N2O5. The first kappa shape index (κ1) is 18.0. The number of halogens is 3. The first-order valence-corrected chi connectivity index (χ1v) is 5.67. The van der Waals surface area contributed by atoms with Crippen LogP contribution in [0.1, 0.15) is 25.7 Å². The van der Waals surface area contributed by atoms with E-state index in [0.29, 0.717) is 0 Å². The number of carboxylic acids is 2. The highest BCUT2D eigenvalue weighted by Crippen LogP contribution is 2.20. The molecule has 0 heterocycles. The number of carboxylic acid groups (broad SMARTS) is 2. The monoisotopic (exact) mass is 300 g/mol. The van der Waals surface area contributed by atoms with Crippen LogP contribution in [0.5, 0.6) is 0 Å². The van der Waals surface area contributed by atoms with E-state index >= 15 is 0 Å². The Morgan fingerprint density at radius 2 is 1.75 bits per heavy atom. The Balaban J connectivity index is 4.01. The van der Waals surface area contributed by atoms with Gasteiger partial charge in [0.25, 0.3) is 0 Å². The SMILES string of the molecule is O=C(O)CCC(NC(=O)NCCCC(F)(F)F)C(=O)O. The van der Waals surface area contributed by atoms with Gasteiger partial charge in [-0.1, -0.05) is 0 Å². The summed E-state index contributed by atoms with van der Waals surface area (Å²) < 4.78 is 35.4. The number of aliphatic carboxylic acids is 2. The van der Waals surface area contributed by atoms with Gasteiger partial charge in [-0.05, 0) is 12.8 Å². The zero-order chi connectivity index (χ0) is 15.8. The topological polar surface area (TPSA) is 116 Å². The predicted octanol–water partition coefficient (Wildman–Crippen LogP) is 0.946. The van der Waals surface area contributed by atoms with Crippen LogP contribution < -0.4 is 10.6 Å². The van der Waals surface area contributed by atoms with E-state index in [1.165, 1.54) is 0 Å². The molecule has 1 unspecified atom stereocenters. The number of hydrogen-bond acceptors (Lipinski definition) is 3. The molecular weight excluding hydrogens is 285 g/mol. The fourth-order valence-corrected chi connectivity index (χ4v) is 1.23. The number of amides is 2. The van der Waals surface area contributed by atoms with E-state index in [-0.39, 0.29) is 19.4 Å². The van der Waals surface area contributed by atoms with Crippen molar-refractivity contribution < 1.29 is 37.8 Å². The summed E-state index contributed by atoms with van der Waals surface area (Å²) in [5, 5.41) is 21.2. The largest absolute Gasteiger partial charge is 0.481 e. The van der Waals surface area contributed by atoms with Crippen LogP contribution >= 0.6 is 0 Å². The molecule has 1 atom stereocenters. The molecule has 0 rings (SSSR count). The average molecular weight is 300 g/mol. The number of nitrogens with one attached hydrogen (secondary N) is 2. The molecule has 0 aliphatic rings. The van der Waals surface area contributed by atoms with Gasteiger partial charge in [0.1, 0.15) is 6.04 Å². The van der Waals surface area contributed by atoms with Gasteiger partial charge in [0.05, 0.1) is 0 Å². The Morgan fingerprint density at radius 1 is 1.15 bits per heavy atom. The minimum absolute atomic E-state index is 0.267. The van der Waals surface area contributed by atoms with E-state index in [1.54, 1.807) is 0 Å². The summed E-state index contributed by atoms with van der Waals surface area (Å²) in [5.41, 5.74) is 0. The van der Waals surface area contributed by atoms with E-state index in [4.69, 9.17) is 10.2 Å². The lowest BCUT2D eigenvalue weighted by Gasteiger charge is -2.14. The molecule has 0 aromatic carbocycles. The van der Waals surface area contributed by atoms with Crippen LogP contribution in [0.3, 0.4) is 0 Å². The smallest absolute Gasteiger partial charge is 0.389 e. The molecule has 2 amide bonds. The Morgan fingerprint density at radius 3 is 2.20 bits per heavy atom. The third-order valence-electron chi connectivity index (χ3n) is 2.17. The fourth-order valence-electron chi connectivity index (χ4n) is 1.23. The summed E-state index contributed by atoms with van der Waals surface area (Å²) >= 11 is 0. The number of rotatable bonds is 8. The molecule has 0 fully saturated rings. The van der Waals surface area contributed by atoms with E-state index in [0.717, 1.165) is 0 Å². The van der Waals surface area contributed by atoms with Gasteiger partial charge in [0, 0.05) is 19.4 Å². The highest BCUT2D eigenvalue weighted by molar-refractivity contribution is 5.82. The standard InChI is InChI=1S/C10H15F3N2O5/c11-10(12,13)4-1-5-14-9(20)15-6(8(18)19)2-3-7(16)17/h6H,1-5H2,(H,16,17)(H,18,19)(H2,14,15,20). The summed E-state index contributed by atoms with van der Waals surface area (Å²) in [6, 6.07) is -2.36. The predicted molar refractivity (Wildman–Crippen MR) is 60.1 cm³/mol. The fraction of sp³-hybridized carbons (Fsp3) is 0.700. The van der Waals surface area contributed by atoms with Crippen molar-refractivity contribution in [3.8, 4) is 0 Å². The summed E-state index contributed by atoms with van der Waals surface area (Å²) in [6.07, 6.45) is -6.48. The van der Waals surface area contributed by atoms with Gasteiger partial charge >= 0.3 is 24.1 Å². The van der Waals surface area contributed by atoms with Crippen LogP contribution in [-0.2, 0) is 9.59 Å². The van der Waals surface area contributed by atoms with E-state index in [1.807, 2.05) is 5.32 Å². The molecule has 0 radical (unpaired) electrons. The van der Waals surface area contributed by atoms with E-state index < -0.39 is 43.0 Å². The van der Waals surface area contributed by atoms with Gasteiger partial charge in [-0.25, -0.2) is 9.59 Å². The summed E-state index contributed by atoms with van der Waals surface area (Å²) in [5.74, 6) is -2.64. The molecule has 0 aromatic heterocycles. The van der Waals surface area contributed by atoms with Crippen LogP contribution in [0.2, 0.25) is 0 Å². The molecule has 0 aliphatic carbocycles. The lowest BCUT2D eigenvalue weighted by molar-refractivity contribution is -0.140. The molecule has 0 saturated heterocycles. The van der Waals surface area contributed by atoms with Crippen molar-refractivity contribution >= 4 is 18.0 Å². The molecule has 10 heteroatoms. The molecule has 7 nitrogen and oxygen atoms in total. The molecule has 20 heavy (non-hydrogen) atoms. The maximum Gasteiger partial charge on any atom is 0.389 e. The quantitative estimate of drug-likeness (QED) is 0.498. The molecule has 4 N–H and O–H groups in total. The van der Waals surface area contributed by atoms with E-state index in [2.05, 4.69) is 5.32 Å². The highest BCUT2D eigenvalue weighted by Gasteiger charge is 2.26. The maximum absolute atomic E-state index is 11.8. The van der Waals surface area contributed by atoms with E-state index in [9.17, 15) is 27.6 Å². The molecule has 116 valence electrons. The van der Waals surface area contributed by atoms with Gasteiger partial charge in [0.15, 0.2) is 0 Å². The lowest BCUT2D eigenvalue weighted by Crippen LogP contribution is -2.46. The maximum atomic E-state index is 11.8. The van der Waals surface area contributed by atoms with Crippen LogP contribution in [-0.4, -0.2) is 46.9 Å². The minimum atomic E-state index is -4.32. The molecule has 0 bridgehead atoms. The van der Waals surface area contributed by atoms with Crippen LogP contribution in [0, 0.1) is 0 Å². The van der Waals surface area contributed by atoms with Crippen LogP contribution in [0.4, 0.5) is 18.0 Å². The summed E-state index contributed by atoms with van der Waals surface area (Å²) in [6.45, 7) is -0.267. The zero-order valence-corrected chi connectivity index (χ0v) is 10.4. The minimum Gasteiger partial charge on any atom is -0.481 e. The van der Waals surface area contributed by atoms with Gasteiger partial charge in [-0.3, -0.25) is 4.79 Å². The average Bonchev–Trinajstić information content (AvgIpc) is 2.28. The number of alkyl halides is 3. The molecule has 0 spiro atoms. The number of carbonyl (C=O) groups excluding carboxylic acids is 1. The molecule has 0 saturated carbocycles. The number of hydrogen-bond donors (Lipinski definition) is 4. The van der Waals surface area contributed by atoms with Crippen molar-refractivity contribution in [2.24, 2.45) is 0 Å². The zero-order valence-electron chi connectivity index (χ0n) is 10.4.